The quantitative estimate of drug-likeness (QED) is 0.336. The highest BCUT2D eigenvalue weighted by Crippen LogP contribution is 2.40. The number of sulfonamides is 1. The summed E-state index contributed by atoms with van der Waals surface area (Å²) in [6.07, 6.45) is 4.52. The van der Waals surface area contributed by atoms with Gasteiger partial charge in [0.25, 0.3) is 10.0 Å². The van der Waals surface area contributed by atoms with Crippen LogP contribution in [0.15, 0.2) is 29.2 Å². The number of carbonyl (C=O) groups excluding carboxylic acids is 1. The molecule has 0 radical (unpaired) electrons. The highest BCUT2D eigenvalue weighted by molar-refractivity contribution is 7.90. The zero-order valence-corrected chi connectivity index (χ0v) is 25.1. The van der Waals surface area contributed by atoms with Crippen LogP contribution in [-0.2, 0) is 33.7 Å². The first-order valence-electron chi connectivity index (χ1n) is 14.7. The number of rotatable bonds is 13. The van der Waals surface area contributed by atoms with Gasteiger partial charge in [-0.05, 0) is 65.3 Å². The van der Waals surface area contributed by atoms with Gasteiger partial charge in [-0.15, -0.1) is 0 Å². The fourth-order valence-corrected chi connectivity index (χ4v) is 6.45. The second kappa shape index (κ2) is 13.9. The first-order chi connectivity index (χ1) is 19.1. The van der Waals surface area contributed by atoms with E-state index in [4.69, 9.17) is 23.7 Å². The van der Waals surface area contributed by atoms with Crippen molar-refractivity contribution in [1.29, 1.82) is 0 Å². The number of ether oxygens (including phenoxy) is 5. The van der Waals surface area contributed by atoms with E-state index in [2.05, 4.69) is 16.5 Å². The first kappa shape index (κ1) is 31.2. The van der Waals surface area contributed by atoms with Crippen LogP contribution in [-0.4, -0.2) is 82.1 Å². The van der Waals surface area contributed by atoms with Gasteiger partial charge in [0.1, 0.15) is 24.4 Å². The normalized spacial score (nSPS) is 27.3. The monoisotopic (exact) mass is 582 g/mol. The molecule has 1 aromatic rings. The molecule has 1 aromatic carbocycles. The molecule has 1 N–H and O–H groups in total. The molecule has 1 amide bonds. The maximum absolute atomic E-state index is 13.0. The van der Waals surface area contributed by atoms with Crippen LogP contribution < -0.4 is 4.72 Å². The minimum Gasteiger partial charge on any atom is -0.441 e. The highest BCUT2D eigenvalue weighted by Gasteiger charge is 2.58. The Labute approximate surface area is 239 Å². The summed E-state index contributed by atoms with van der Waals surface area (Å²) < 4.78 is 58.5. The lowest BCUT2D eigenvalue weighted by atomic mass is 10.0. The summed E-state index contributed by atoms with van der Waals surface area (Å²) in [5.41, 5.74) is 0.913. The predicted molar refractivity (Wildman–Crippen MR) is 149 cm³/mol. The molecule has 0 aliphatic carbocycles. The molecule has 0 bridgehead atoms. The maximum atomic E-state index is 13.0. The molecule has 226 valence electrons. The van der Waals surface area contributed by atoms with Gasteiger partial charge < -0.3 is 23.7 Å². The van der Waals surface area contributed by atoms with Crippen molar-refractivity contribution < 1.29 is 36.9 Å². The third-order valence-corrected chi connectivity index (χ3v) is 8.97. The predicted octanol–water partition coefficient (Wildman–Crippen LogP) is 4.50. The van der Waals surface area contributed by atoms with E-state index in [-0.39, 0.29) is 4.90 Å². The summed E-state index contributed by atoms with van der Waals surface area (Å²) in [4.78, 5) is 15.2. The Morgan fingerprint density at radius 1 is 1.07 bits per heavy atom. The third kappa shape index (κ3) is 8.39. The zero-order valence-electron chi connectivity index (χ0n) is 24.3. The van der Waals surface area contributed by atoms with Gasteiger partial charge in [-0.1, -0.05) is 56.7 Å². The summed E-state index contributed by atoms with van der Waals surface area (Å²) in [6.45, 7) is 10.3. The van der Waals surface area contributed by atoms with E-state index < -0.39 is 52.6 Å². The standard InChI is InChI=1S/C29H46N2O8S/c1-5-6-7-8-12-19-35-25-24(37-27-26(25)38-29(3,4)39-27)23(20-31-17-10-9-11-18-31)36-28(32)30-40(33,34)22-15-13-21(2)14-16-22/h13-16,23-27H,5-12,17-20H2,1-4H3,(H,30,32)/t23-,24-,25+,26-,27-/m1/s1. The Balaban J connectivity index is 1.49. The Kier molecular flexibility index (Phi) is 10.9. The Morgan fingerprint density at radius 2 is 1.77 bits per heavy atom. The van der Waals surface area contributed by atoms with Gasteiger partial charge in [-0.2, -0.15) is 0 Å². The van der Waals surface area contributed by atoms with Crippen LogP contribution in [0, 0.1) is 6.92 Å². The van der Waals surface area contributed by atoms with E-state index in [1.54, 1.807) is 12.1 Å². The van der Waals surface area contributed by atoms with Crippen LogP contribution in [0.1, 0.15) is 77.7 Å². The molecule has 11 heteroatoms. The number of carbonyl (C=O) groups is 1. The van der Waals surface area contributed by atoms with Crippen LogP contribution in [0.25, 0.3) is 0 Å². The number of hydrogen-bond acceptors (Lipinski definition) is 9. The average Bonchev–Trinajstić information content (AvgIpc) is 3.38. The van der Waals surface area contributed by atoms with Gasteiger partial charge in [0, 0.05) is 13.2 Å². The molecule has 3 aliphatic heterocycles. The van der Waals surface area contributed by atoms with Crippen molar-refractivity contribution in [1.82, 2.24) is 9.62 Å². The molecular weight excluding hydrogens is 536 g/mol. The molecule has 10 nitrogen and oxygen atoms in total. The van der Waals surface area contributed by atoms with E-state index >= 15 is 0 Å². The number of amides is 1. The molecule has 0 saturated carbocycles. The number of aryl methyl sites for hydroxylation is 1. The lowest BCUT2D eigenvalue weighted by Crippen LogP contribution is -2.51. The summed E-state index contributed by atoms with van der Waals surface area (Å²) in [7, 11) is -4.11. The topological polar surface area (TPSA) is 113 Å². The molecule has 0 aromatic heterocycles. The fourth-order valence-electron chi connectivity index (χ4n) is 5.57. The van der Waals surface area contributed by atoms with Gasteiger partial charge >= 0.3 is 6.09 Å². The minimum absolute atomic E-state index is 0.0115. The average molecular weight is 583 g/mol. The Hall–Kier alpha value is -1.76. The summed E-state index contributed by atoms with van der Waals surface area (Å²) in [5.74, 6) is -0.828. The summed E-state index contributed by atoms with van der Waals surface area (Å²) in [6, 6.07) is 6.27. The summed E-state index contributed by atoms with van der Waals surface area (Å²) in [5, 5.41) is 0. The molecule has 0 spiro atoms. The van der Waals surface area contributed by atoms with Crippen LogP contribution in [0.4, 0.5) is 4.79 Å². The molecule has 3 aliphatic rings. The van der Waals surface area contributed by atoms with E-state index in [0.717, 1.165) is 57.2 Å². The molecular formula is C29H46N2O8S. The largest absolute Gasteiger partial charge is 0.441 e. The Morgan fingerprint density at radius 3 is 2.48 bits per heavy atom. The van der Waals surface area contributed by atoms with Crippen molar-refractivity contribution in [2.75, 3.05) is 26.2 Å². The minimum atomic E-state index is -4.11. The molecule has 3 saturated heterocycles. The van der Waals surface area contributed by atoms with Crippen molar-refractivity contribution in [3.05, 3.63) is 29.8 Å². The van der Waals surface area contributed by atoms with Crippen molar-refractivity contribution in [2.45, 2.75) is 120 Å². The number of likely N-dealkylation sites (tertiary alicyclic amines) is 1. The fraction of sp³-hybridized carbons (Fsp3) is 0.759. The number of unbranched alkanes of at least 4 members (excludes halogenated alkanes) is 4. The molecule has 3 heterocycles. The van der Waals surface area contributed by atoms with E-state index in [9.17, 15) is 13.2 Å². The van der Waals surface area contributed by atoms with E-state index in [0.29, 0.717) is 13.2 Å². The third-order valence-electron chi connectivity index (χ3n) is 7.65. The molecule has 3 fully saturated rings. The molecule has 40 heavy (non-hydrogen) atoms. The van der Waals surface area contributed by atoms with Crippen molar-refractivity contribution in [2.24, 2.45) is 0 Å². The number of piperidine rings is 1. The van der Waals surface area contributed by atoms with Crippen molar-refractivity contribution in [3.8, 4) is 0 Å². The van der Waals surface area contributed by atoms with Crippen molar-refractivity contribution >= 4 is 16.1 Å². The SMILES string of the molecule is CCCCCCCO[C@@H]1[C@H]2OC(C)(C)O[C@H]2O[C@@H]1[C@@H](CN1CCCCC1)OC(=O)NS(=O)(=O)c1ccc(C)cc1. The second-order valence-corrected chi connectivity index (χ2v) is 13.2. The van der Waals surface area contributed by atoms with Crippen LogP contribution in [0.2, 0.25) is 0 Å². The second-order valence-electron chi connectivity index (χ2n) is 11.5. The highest BCUT2D eigenvalue weighted by atomic mass is 32.2. The van der Waals surface area contributed by atoms with E-state index in [1.165, 1.54) is 25.0 Å². The van der Waals surface area contributed by atoms with Crippen LogP contribution in [0.3, 0.4) is 0 Å². The molecule has 4 rings (SSSR count). The van der Waals surface area contributed by atoms with Gasteiger partial charge in [0.2, 0.25) is 0 Å². The lowest BCUT2D eigenvalue weighted by molar-refractivity contribution is -0.230. The van der Waals surface area contributed by atoms with Crippen molar-refractivity contribution in [3.63, 3.8) is 0 Å². The number of fused-ring (bicyclic) bond motifs is 1. The van der Waals surface area contributed by atoms with Crippen LogP contribution >= 0.6 is 0 Å². The number of nitrogens with zero attached hydrogens (tertiary/aromatic N) is 1. The van der Waals surface area contributed by atoms with Gasteiger partial charge in [0.15, 0.2) is 12.1 Å². The van der Waals surface area contributed by atoms with Gasteiger partial charge in [-0.3, -0.25) is 4.90 Å². The number of hydrogen-bond donors (Lipinski definition) is 1. The van der Waals surface area contributed by atoms with Gasteiger partial charge in [0.05, 0.1) is 4.90 Å². The lowest BCUT2D eigenvalue weighted by Gasteiger charge is -2.35. The smallest absolute Gasteiger partial charge is 0.421 e. The van der Waals surface area contributed by atoms with E-state index in [1.807, 2.05) is 20.8 Å². The Bertz CT molecular complexity index is 1060. The maximum Gasteiger partial charge on any atom is 0.421 e. The van der Waals surface area contributed by atoms with Crippen LogP contribution in [0.5, 0.6) is 0 Å². The number of benzene rings is 1. The van der Waals surface area contributed by atoms with Gasteiger partial charge in [-0.25, -0.2) is 17.9 Å². The summed E-state index contributed by atoms with van der Waals surface area (Å²) >= 11 is 0. The number of nitrogens with one attached hydrogen (secondary N) is 1. The first-order valence-corrected chi connectivity index (χ1v) is 16.2. The molecule has 0 unspecified atom stereocenters. The molecule has 5 atom stereocenters. The zero-order chi connectivity index (χ0) is 28.8.